The number of halogens is 5. The first-order valence-corrected chi connectivity index (χ1v) is 8.94. The highest BCUT2D eigenvalue weighted by molar-refractivity contribution is 9.11. The van der Waals surface area contributed by atoms with Crippen LogP contribution < -0.4 is 4.52 Å². The third kappa shape index (κ3) is 4.03. The Bertz CT molecular complexity index is 383. The van der Waals surface area contributed by atoms with Crippen LogP contribution in [0.2, 0.25) is 0 Å². The number of hydrogen-bond donors (Lipinski definition) is 0. The van der Waals surface area contributed by atoms with E-state index in [0.29, 0.717) is 14.7 Å². The van der Waals surface area contributed by atoms with Gasteiger partial charge in [0.1, 0.15) is 0 Å². The minimum Gasteiger partial charge on any atom is -0.420 e. The van der Waals surface area contributed by atoms with Crippen molar-refractivity contribution in [1.29, 1.82) is 0 Å². The van der Waals surface area contributed by atoms with Crippen LogP contribution in [0.3, 0.4) is 0 Å². The molecule has 0 fully saturated rings. The Morgan fingerprint density at radius 2 is 1.57 bits per heavy atom. The highest BCUT2D eigenvalue weighted by atomic mass is 79.9. The third-order valence-corrected chi connectivity index (χ3v) is 3.61. The van der Waals surface area contributed by atoms with Crippen molar-refractivity contribution in [3.8, 4) is 5.75 Å². The van der Waals surface area contributed by atoms with Crippen molar-refractivity contribution < 1.29 is 9.09 Å². The second-order valence-electron chi connectivity index (χ2n) is 2.20. The maximum Gasteiger partial charge on any atom is 0.428 e. The number of hydrogen-bond acceptors (Lipinski definition) is 2. The second kappa shape index (κ2) is 5.07. The van der Waals surface area contributed by atoms with Gasteiger partial charge in [0.25, 0.3) is 0 Å². The first-order chi connectivity index (χ1) is 6.29. The molecule has 0 unspecified atom stereocenters. The predicted molar refractivity (Wildman–Crippen MR) is 69.5 cm³/mol. The van der Waals surface area contributed by atoms with E-state index in [-0.39, 0.29) is 0 Å². The molecule has 0 atom stereocenters. The molecule has 0 radical (unpaired) electrons. The zero-order valence-electron chi connectivity index (χ0n) is 6.31. The standard InChI is InChI=1S/C6H2Br3Cl2O2P/c7-3-1-4(8)6(5(9)2-3)13-14(10,11)12/h1-2H. The summed E-state index contributed by atoms with van der Waals surface area (Å²) in [4.78, 5) is 0. The highest BCUT2D eigenvalue weighted by Gasteiger charge is 2.20. The molecule has 0 aromatic heterocycles. The zero-order valence-corrected chi connectivity index (χ0v) is 13.5. The molecule has 0 heterocycles. The summed E-state index contributed by atoms with van der Waals surface area (Å²) in [6.07, 6.45) is -3.59. The van der Waals surface area contributed by atoms with E-state index >= 15 is 0 Å². The zero-order chi connectivity index (χ0) is 10.9. The molecule has 0 bridgehead atoms. The molecule has 0 amide bonds. The fraction of sp³-hybridized carbons (Fsp3) is 0. The van der Waals surface area contributed by atoms with Gasteiger partial charge in [0.05, 0.1) is 8.95 Å². The molecule has 1 aromatic rings. The van der Waals surface area contributed by atoms with Crippen molar-refractivity contribution in [2.45, 2.75) is 0 Å². The Morgan fingerprint density at radius 3 is 1.93 bits per heavy atom. The molecule has 0 aliphatic rings. The van der Waals surface area contributed by atoms with Crippen LogP contribution in [0.25, 0.3) is 0 Å². The van der Waals surface area contributed by atoms with E-state index in [1.807, 2.05) is 0 Å². The normalized spacial score (nSPS) is 11.5. The van der Waals surface area contributed by atoms with Crippen LogP contribution in [-0.2, 0) is 4.57 Å². The molecule has 1 aromatic carbocycles. The van der Waals surface area contributed by atoms with Crippen molar-refractivity contribution in [1.82, 2.24) is 0 Å². The van der Waals surface area contributed by atoms with Gasteiger partial charge in [-0.25, -0.2) is 4.57 Å². The molecule has 0 saturated heterocycles. The Morgan fingerprint density at radius 1 is 1.14 bits per heavy atom. The smallest absolute Gasteiger partial charge is 0.420 e. The third-order valence-electron chi connectivity index (χ3n) is 1.16. The van der Waals surface area contributed by atoms with E-state index in [1.54, 1.807) is 12.1 Å². The fourth-order valence-electron chi connectivity index (χ4n) is 0.722. The van der Waals surface area contributed by atoms with Crippen LogP contribution in [0.1, 0.15) is 0 Å². The topological polar surface area (TPSA) is 26.3 Å². The highest BCUT2D eigenvalue weighted by Crippen LogP contribution is 2.59. The lowest BCUT2D eigenvalue weighted by Gasteiger charge is -2.10. The van der Waals surface area contributed by atoms with Gasteiger partial charge in [-0.1, -0.05) is 15.9 Å². The van der Waals surface area contributed by atoms with E-state index in [4.69, 9.17) is 27.0 Å². The maximum atomic E-state index is 11.0. The molecule has 78 valence electrons. The van der Waals surface area contributed by atoms with Crippen LogP contribution >= 0.6 is 76.3 Å². The van der Waals surface area contributed by atoms with E-state index in [9.17, 15) is 4.57 Å². The van der Waals surface area contributed by atoms with Crippen molar-refractivity contribution in [3.05, 3.63) is 25.6 Å². The van der Waals surface area contributed by atoms with E-state index in [1.165, 1.54) is 0 Å². The minimum atomic E-state index is -3.59. The lowest BCUT2D eigenvalue weighted by Crippen LogP contribution is -1.85. The average Bonchev–Trinajstić information content (AvgIpc) is 1.95. The Labute approximate surface area is 116 Å². The summed E-state index contributed by atoms with van der Waals surface area (Å²) in [6.45, 7) is 0. The number of benzene rings is 1. The van der Waals surface area contributed by atoms with Crippen LogP contribution in [0.15, 0.2) is 25.6 Å². The van der Waals surface area contributed by atoms with Crippen molar-refractivity contribution in [2.24, 2.45) is 0 Å². The summed E-state index contributed by atoms with van der Waals surface area (Å²) in [5.41, 5.74) is 0. The molecule has 0 N–H and O–H groups in total. The van der Waals surface area contributed by atoms with Crippen LogP contribution in [0, 0.1) is 0 Å². The van der Waals surface area contributed by atoms with Gasteiger partial charge in [-0.05, 0) is 44.0 Å². The van der Waals surface area contributed by atoms with Crippen LogP contribution in [0.5, 0.6) is 5.75 Å². The summed E-state index contributed by atoms with van der Waals surface area (Å²) >= 11 is 20.3. The van der Waals surface area contributed by atoms with E-state index in [0.717, 1.165) is 4.47 Å². The maximum absolute atomic E-state index is 11.0. The molecule has 8 heteroatoms. The fourth-order valence-corrected chi connectivity index (χ4v) is 4.22. The monoisotopic (exact) mass is 444 g/mol. The lowest BCUT2D eigenvalue weighted by molar-refractivity contribution is 0.510. The van der Waals surface area contributed by atoms with Crippen molar-refractivity contribution >= 4 is 76.3 Å². The van der Waals surface area contributed by atoms with Crippen LogP contribution in [-0.4, -0.2) is 0 Å². The second-order valence-corrected chi connectivity index (χ2v) is 9.03. The molecule has 1 rings (SSSR count). The van der Waals surface area contributed by atoms with Crippen molar-refractivity contribution in [3.63, 3.8) is 0 Å². The summed E-state index contributed by atoms with van der Waals surface area (Å²) in [5, 5.41) is 0. The summed E-state index contributed by atoms with van der Waals surface area (Å²) in [5.74, 6) is 0.307. The van der Waals surface area contributed by atoms with Gasteiger partial charge in [-0.15, -0.1) is 0 Å². The summed E-state index contributed by atoms with van der Waals surface area (Å²) in [6, 6.07) is 3.45. The average molecular weight is 448 g/mol. The van der Waals surface area contributed by atoms with E-state index < -0.39 is 6.07 Å². The molecule has 0 aliphatic heterocycles. The lowest BCUT2D eigenvalue weighted by atomic mass is 10.3. The molecule has 0 aliphatic carbocycles. The molecular formula is C6H2Br3Cl2O2P. The summed E-state index contributed by atoms with van der Waals surface area (Å²) in [7, 11) is 0. The quantitative estimate of drug-likeness (QED) is 0.525. The Balaban J connectivity index is 3.15. The van der Waals surface area contributed by atoms with Gasteiger partial charge in [0.2, 0.25) is 0 Å². The Hall–Kier alpha value is 1.27. The van der Waals surface area contributed by atoms with Gasteiger partial charge in [0.15, 0.2) is 5.75 Å². The van der Waals surface area contributed by atoms with Gasteiger partial charge in [-0.2, -0.15) is 0 Å². The molecule has 2 nitrogen and oxygen atoms in total. The van der Waals surface area contributed by atoms with Crippen LogP contribution in [0.4, 0.5) is 0 Å². The van der Waals surface area contributed by atoms with Gasteiger partial charge in [0, 0.05) is 27.0 Å². The van der Waals surface area contributed by atoms with Gasteiger partial charge in [-0.3, -0.25) is 0 Å². The first-order valence-electron chi connectivity index (χ1n) is 3.13. The van der Waals surface area contributed by atoms with Gasteiger partial charge >= 0.3 is 6.07 Å². The summed E-state index contributed by atoms with van der Waals surface area (Å²) < 4.78 is 17.9. The Kier molecular flexibility index (Phi) is 4.83. The van der Waals surface area contributed by atoms with Gasteiger partial charge < -0.3 is 4.52 Å². The molecular weight excluding hydrogens is 446 g/mol. The van der Waals surface area contributed by atoms with E-state index in [2.05, 4.69) is 47.8 Å². The molecule has 14 heavy (non-hydrogen) atoms. The number of rotatable bonds is 2. The largest absolute Gasteiger partial charge is 0.428 e. The van der Waals surface area contributed by atoms with Crippen molar-refractivity contribution in [2.75, 3.05) is 0 Å². The first kappa shape index (κ1) is 13.3. The molecule has 0 saturated carbocycles. The molecule has 0 spiro atoms. The SMILES string of the molecule is O=P(Cl)(Cl)Oc1c(Br)cc(Br)cc1Br. The predicted octanol–water partition coefficient (Wildman–Crippen LogP) is 5.94. The minimum absolute atomic E-state index is 0.307.